The average molecular weight is 1120 g/mol. The molecule has 0 atom stereocenters. The van der Waals surface area contributed by atoms with Gasteiger partial charge in [-0.1, -0.05) is 176 Å². The Hall–Kier alpha value is -8.92. The van der Waals surface area contributed by atoms with Crippen LogP contribution in [0.3, 0.4) is 0 Å². The van der Waals surface area contributed by atoms with Gasteiger partial charge in [0.1, 0.15) is 0 Å². The molecule has 0 aliphatic carbocycles. The third-order valence-corrected chi connectivity index (χ3v) is 13.6. The molecule has 0 N–H and O–H groups in total. The molecule has 0 aliphatic rings. The van der Waals surface area contributed by atoms with E-state index in [2.05, 4.69) is 236 Å². The second kappa shape index (κ2) is 21.4. The van der Waals surface area contributed by atoms with E-state index >= 15 is 0 Å². The maximum Gasteiger partial charge on any atom is 3.00 e. The Balaban J connectivity index is 0.00000588. The predicted molar refractivity (Wildman–Crippen MR) is 301 cm³/mol. The van der Waals surface area contributed by atoms with Crippen molar-refractivity contribution in [3.05, 3.63) is 285 Å². The molecule has 0 bridgehead atoms. The minimum Gasteiger partial charge on any atom is -0.305 e. The van der Waals surface area contributed by atoms with Crippen LogP contribution in [0.4, 0.5) is 0 Å². The summed E-state index contributed by atoms with van der Waals surface area (Å²) in [5.74, 6) is 0. The first kappa shape index (κ1) is 47.4. The molecule has 0 fully saturated rings. The number of aryl methyl sites for hydroxylation is 1. The molecule has 0 amide bonds. The molecule has 9 aromatic carbocycles. The molecular formula is C70H46IrN3. The van der Waals surface area contributed by atoms with E-state index in [1.807, 2.05) is 55.0 Å². The van der Waals surface area contributed by atoms with Gasteiger partial charge in [0.25, 0.3) is 0 Å². The van der Waals surface area contributed by atoms with Crippen LogP contribution in [0.15, 0.2) is 261 Å². The van der Waals surface area contributed by atoms with E-state index in [4.69, 9.17) is 9.97 Å². The van der Waals surface area contributed by atoms with E-state index in [-0.39, 0.29) is 20.1 Å². The fourth-order valence-electron chi connectivity index (χ4n) is 9.78. The minimum absolute atomic E-state index is 0. The van der Waals surface area contributed by atoms with Gasteiger partial charge < -0.3 is 15.0 Å². The smallest absolute Gasteiger partial charge is 0.305 e. The Kier molecular flexibility index (Phi) is 13.7. The molecule has 4 heteroatoms. The van der Waals surface area contributed by atoms with Gasteiger partial charge in [0.2, 0.25) is 0 Å². The van der Waals surface area contributed by atoms with Gasteiger partial charge in [0.15, 0.2) is 0 Å². The first-order chi connectivity index (χ1) is 36.1. The van der Waals surface area contributed by atoms with Crippen molar-refractivity contribution in [3.8, 4) is 123 Å². The van der Waals surface area contributed by atoms with Crippen LogP contribution >= 0.6 is 0 Å². The Bertz CT molecular complexity index is 3920. The zero-order valence-corrected chi connectivity index (χ0v) is 42.9. The van der Waals surface area contributed by atoms with Crippen LogP contribution in [-0.2, 0) is 20.1 Å². The maximum atomic E-state index is 4.91. The third kappa shape index (κ3) is 9.98. The Morgan fingerprint density at radius 1 is 0.297 bits per heavy atom. The summed E-state index contributed by atoms with van der Waals surface area (Å²) in [4.78, 5) is 14.2. The van der Waals surface area contributed by atoms with E-state index in [0.717, 1.165) is 128 Å². The molecule has 74 heavy (non-hydrogen) atoms. The second-order valence-electron chi connectivity index (χ2n) is 18.2. The summed E-state index contributed by atoms with van der Waals surface area (Å²) in [5.41, 5.74) is 24.9. The monoisotopic (exact) mass is 1120 g/mol. The molecule has 3 heterocycles. The third-order valence-electron chi connectivity index (χ3n) is 13.6. The Labute approximate surface area is 447 Å². The van der Waals surface area contributed by atoms with Crippen molar-refractivity contribution in [1.29, 1.82) is 0 Å². The van der Waals surface area contributed by atoms with Gasteiger partial charge >= 0.3 is 20.1 Å². The van der Waals surface area contributed by atoms with Crippen molar-refractivity contribution in [1.82, 2.24) is 15.0 Å². The van der Waals surface area contributed by atoms with Crippen LogP contribution in [0.25, 0.3) is 123 Å². The van der Waals surface area contributed by atoms with Gasteiger partial charge in [0, 0.05) is 18.6 Å². The Morgan fingerprint density at radius 3 is 1.38 bits per heavy atom. The van der Waals surface area contributed by atoms with Crippen molar-refractivity contribution < 1.29 is 20.1 Å². The topological polar surface area (TPSA) is 38.7 Å². The molecule has 0 radical (unpaired) electrons. The number of benzene rings is 9. The van der Waals surface area contributed by atoms with Gasteiger partial charge in [-0.2, -0.15) is 0 Å². The van der Waals surface area contributed by atoms with Crippen LogP contribution in [0.5, 0.6) is 0 Å². The molecule has 0 spiro atoms. The van der Waals surface area contributed by atoms with Crippen LogP contribution in [0.1, 0.15) is 5.56 Å². The predicted octanol–water partition coefficient (Wildman–Crippen LogP) is 17.9. The average Bonchev–Trinajstić information content (AvgIpc) is 3.48. The summed E-state index contributed by atoms with van der Waals surface area (Å²) < 4.78 is 0. The van der Waals surface area contributed by atoms with Crippen LogP contribution < -0.4 is 0 Å². The summed E-state index contributed by atoms with van der Waals surface area (Å²) in [6, 6.07) is 95.9. The molecule has 0 saturated carbocycles. The number of rotatable bonds is 11. The van der Waals surface area contributed by atoms with E-state index in [1.165, 1.54) is 0 Å². The van der Waals surface area contributed by atoms with Crippen LogP contribution in [0, 0.1) is 25.1 Å². The number of aromatic nitrogens is 3. The van der Waals surface area contributed by atoms with Gasteiger partial charge in [-0.15, -0.1) is 101 Å². The molecule has 12 aromatic rings. The van der Waals surface area contributed by atoms with E-state index in [1.54, 1.807) is 0 Å². The standard InChI is InChI=1S/C70H46N3.Ir/c1-48-15-2-3-26-63(48)69-37-36-62(47-73-69)56-21-11-18-53(42-56)55-20-13-23-58(44-55)65-28-6-7-30-67(65)60-38-40-72-70(46-60)61-25-14-24-59(45-61)66-29-5-4-27-64(66)57-22-12-19-54(43-57)52-17-10-16-51(41-52)49-32-34-50(35-33-49)68-31-8-9-39-71-68;/h2-24,27-34,36-47H,1H3;/q-3;+3. The van der Waals surface area contributed by atoms with Crippen LogP contribution in [-0.4, -0.2) is 15.0 Å². The zero-order chi connectivity index (χ0) is 48.9. The van der Waals surface area contributed by atoms with Crippen molar-refractivity contribution in [3.63, 3.8) is 0 Å². The maximum absolute atomic E-state index is 4.91. The molecule has 0 saturated heterocycles. The number of hydrogen-bond acceptors (Lipinski definition) is 3. The van der Waals surface area contributed by atoms with E-state index in [0.29, 0.717) is 0 Å². The van der Waals surface area contributed by atoms with Gasteiger partial charge in [-0.05, 0) is 120 Å². The van der Waals surface area contributed by atoms with Crippen molar-refractivity contribution in [2.45, 2.75) is 6.92 Å². The second-order valence-corrected chi connectivity index (χ2v) is 18.2. The van der Waals surface area contributed by atoms with E-state index in [9.17, 15) is 0 Å². The van der Waals surface area contributed by atoms with Gasteiger partial charge in [-0.25, -0.2) is 0 Å². The van der Waals surface area contributed by atoms with Gasteiger partial charge in [0.05, 0.1) is 0 Å². The van der Waals surface area contributed by atoms with Crippen molar-refractivity contribution >= 4 is 0 Å². The first-order valence-corrected chi connectivity index (χ1v) is 24.5. The normalized spacial score (nSPS) is 10.9. The van der Waals surface area contributed by atoms with Crippen molar-refractivity contribution in [2.75, 3.05) is 0 Å². The molecular weight excluding hydrogens is 1080 g/mol. The van der Waals surface area contributed by atoms with Crippen LogP contribution in [0.2, 0.25) is 0 Å². The molecule has 0 aliphatic heterocycles. The largest absolute Gasteiger partial charge is 3.00 e. The molecule has 350 valence electrons. The molecule has 0 unspecified atom stereocenters. The van der Waals surface area contributed by atoms with E-state index < -0.39 is 0 Å². The number of pyridine rings is 3. The fourth-order valence-corrected chi connectivity index (χ4v) is 9.78. The fraction of sp³-hybridized carbons (Fsp3) is 0.0143. The first-order valence-electron chi connectivity index (χ1n) is 24.5. The summed E-state index contributed by atoms with van der Waals surface area (Å²) in [6.45, 7) is 2.10. The number of nitrogens with zero attached hydrogens (tertiary/aromatic N) is 3. The molecule has 3 aromatic heterocycles. The van der Waals surface area contributed by atoms with Gasteiger partial charge in [-0.3, -0.25) is 0 Å². The summed E-state index contributed by atoms with van der Waals surface area (Å²) in [5, 5.41) is 0. The minimum atomic E-state index is 0. The number of hydrogen-bond donors (Lipinski definition) is 0. The summed E-state index contributed by atoms with van der Waals surface area (Å²) >= 11 is 0. The zero-order valence-electron chi connectivity index (χ0n) is 40.5. The quantitative estimate of drug-likeness (QED) is 0.121. The van der Waals surface area contributed by atoms with Crippen molar-refractivity contribution in [2.24, 2.45) is 0 Å². The summed E-state index contributed by atoms with van der Waals surface area (Å²) in [6.07, 6.45) is 5.69. The molecule has 12 rings (SSSR count). The Morgan fingerprint density at radius 2 is 0.824 bits per heavy atom. The molecule has 3 nitrogen and oxygen atoms in total. The SMILES string of the molecule is Cc1ccc[c-]c1-c1ccc(-c2cccc(-c3cccc(-c4ccccc4-c4ccnc(-c5[c-]ccc(-c6ccccc6-c6cccc(-c7cccc(-c8c[c-]c(-c9ccccn9)cc8)c7)c6)c5)c4)c3)c2)cn1.[Ir+3]. The summed E-state index contributed by atoms with van der Waals surface area (Å²) in [7, 11) is 0.